The minimum Gasteiger partial charge on any atom is -0.354 e. The van der Waals surface area contributed by atoms with Gasteiger partial charge in [-0.05, 0) is 49.1 Å². The second-order valence-electron chi connectivity index (χ2n) is 7.06. The second-order valence-corrected chi connectivity index (χ2v) is 7.47. The highest BCUT2D eigenvalue weighted by atomic mass is 35.5. The molecule has 2 amide bonds. The number of carbonyl (C=O) groups excluding carboxylic acids is 2. The van der Waals surface area contributed by atoms with Crippen molar-refractivity contribution in [3.05, 3.63) is 70.5 Å². The van der Waals surface area contributed by atoms with Crippen LogP contribution in [0.2, 0.25) is 5.02 Å². The number of nitrogens with zero attached hydrogens (tertiary/aromatic N) is 1. The largest absolute Gasteiger partial charge is 0.354 e. The molecular formula is C23H28ClFN2O2. The molecule has 0 unspecified atom stereocenters. The van der Waals surface area contributed by atoms with Crippen LogP contribution >= 0.6 is 11.6 Å². The summed E-state index contributed by atoms with van der Waals surface area (Å²) in [6.45, 7) is 4.59. The van der Waals surface area contributed by atoms with Gasteiger partial charge in [-0.25, -0.2) is 4.39 Å². The molecule has 0 saturated carbocycles. The summed E-state index contributed by atoms with van der Waals surface area (Å²) in [6.07, 6.45) is 2.59. The zero-order valence-electron chi connectivity index (χ0n) is 17.0. The summed E-state index contributed by atoms with van der Waals surface area (Å²) in [5, 5.41) is 3.50. The Bertz CT molecular complexity index is 811. The van der Waals surface area contributed by atoms with Crippen LogP contribution in [0.1, 0.15) is 44.2 Å². The fourth-order valence-corrected chi connectivity index (χ4v) is 3.22. The molecule has 0 heterocycles. The summed E-state index contributed by atoms with van der Waals surface area (Å²) >= 11 is 6.19. The maximum absolute atomic E-state index is 13.2. The standard InChI is InChI=1S/C23H28ClFN2O2/c1-3-4-15-26-23(29)17(2)27(16-18-9-12-20(25)13-10-18)22(28)14-11-19-7-5-6-8-21(19)24/h5-10,12-13,17H,3-4,11,14-16H2,1-2H3,(H,26,29)/t17-/m0/s1. The van der Waals surface area contributed by atoms with Crippen LogP contribution in [0.3, 0.4) is 0 Å². The Labute approximate surface area is 177 Å². The number of benzene rings is 2. The van der Waals surface area contributed by atoms with Gasteiger partial charge in [0.05, 0.1) is 0 Å². The smallest absolute Gasteiger partial charge is 0.242 e. The van der Waals surface area contributed by atoms with E-state index < -0.39 is 6.04 Å². The Hall–Kier alpha value is -2.40. The molecule has 0 aliphatic rings. The van der Waals surface area contributed by atoms with E-state index in [0.717, 1.165) is 24.0 Å². The van der Waals surface area contributed by atoms with Crippen LogP contribution < -0.4 is 5.32 Å². The molecule has 0 aromatic heterocycles. The van der Waals surface area contributed by atoms with Gasteiger partial charge in [0.1, 0.15) is 11.9 Å². The number of aryl methyl sites for hydroxylation is 1. The molecule has 0 bridgehead atoms. The van der Waals surface area contributed by atoms with Crippen LogP contribution in [0.25, 0.3) is 0 Å². The van der Waals surface area contributed by atoms with E-state index in [1.807, 2.05) is 18.2 Å². The molecule has 6 heteroatoms. The minimum absolute atomic E-state index is 0.146. The number of halogens is 2. The van der Waals surface area contributed by atoms with Gasteiger partial charge in [-0.1, -0.05) is 55.3 Å². The van der Waals surface area contributed by atoms with Crippen molar-refractivity contribution < 1.29 is 14.0 Å². The van der Waals surface area contributed by atoms with E-state index in [1.54, 1.807) is 30.0 Å². The van der Waals surface area contributed by atoms with Gasteiger partial charge in [0, 0.05) is 24.5 Å². The first-order valence-corrected chi connectivity index (χ1v) is 10.3. The zero-order valence-corrected chi connectivity index (χ0v) is 17.7. The molecular weight excluding hydrogens is 391 g/mol. The van der Waals surface area contributed by atoms with Crippen molar-refractivity contribution in [2.75, 3.05) is 6.54 Å². The van der Waals surface area contributed by atoms with Crippen LogP contribution in [0.15, 0.2) is 48.5 Å². The van der Waals surface area contributed by atoms with Gasteiger partial charge < -0.3 is 10.2 Å². The fourth-order valence-electron chi connectivity index (χ4n) is 2.99. The highest BCUT2D eigenvalue weighted by Gasteiger charge is 2.25. The number of amides is 2. The van der Waals surface area contributed by atoms with E-state index in [9.17, 15) is 14.0 Å². The maximum atomic E-state index is 13.2. The third-order valence-corrected chi connectivity index (χ3v) is 5.20. The maximum Gasteiger partial charge on any atom is 0.242 e. The first-order chi connectivity index (χ1) is 13.9. The van der Waals surface area contributed by atoms with Gasteiger partial charge in [0.2, 0.25) is 11.8 Å². The molecule has 1 atom stereocenters. The fraction of sp³-hybridized carbons (Fsp3) is 0.391. The van der Waals surface area contributed by atoms with E-state index in [1.165, 1.54) is 12.1 Å². The average molecular weight is 419 g/mol. The van der Waals surface area contributed by atoms with Gasteiger partial charge in [-0.3, -0.25) is 9.59 Å². The molecule has 0 aliphatic heterocycles. The summed E-state index contributed by atoms with van der Waals surface area (Å²) in [5.41, 5.74) is 1.66. The molecule has 0 fully saturated rings. The van der Waals surface area contributed by atoms with E-state index in [0.29, 0.717) is 18.0 Å². The molecule has 29 heavy (non-hydrogen) atoms. The molecule has 156 valence electrons. The van der Waals surface area contributed by atoms with Crippen LogP contribution in [0.5, 0.6) is 0 Å². The van der Waals surface area contributed by atoms with Crippen molar-refractivity contribution in [2.24, 2.45) is 0 Å². The highest BCUT2D eigenvalue weighted by molar-refractivity contribution is 6.31. The quantitative estimate of drug-likeness (QED) is 0.566. The average Bonchev–Trinajstić information content (AvgIpc) is 2.72. The van der Waals surface area contributed by atoms with E-state index in [4.69, 9.17) is 11.6 Å². The van der Waals surface area contributed by atoms with Gasteiger partial charge in [0.15, 0.2) is 0 Å². The zero-order chi connectivity index (χ0) is 21.2. The number of nitrogens with one attached hydrogen (secondary N) is 1. The van der Waals surface area contributed by atoms with E-state index >= 15 is 0 Å². The van der Waals surface area contributed by atoms with Crippen molar-refractivity contribution in [3.8, 4) is 0 Å². The van der Waals surface area contributed by atoms with Crippen LogP contribution in [-0.2, 0) is 22.6 Å². The molecule has 0 spiro atoms. The first kappa shape index (κ1) is 22.9. The third-order valence-electron chi connectivity index (χ3n) is 4.83. The lowest BCUT2D eigenvalue weighted by Crippen LogP contribution is -2.47. The Morgan fingerprint density at radius 1 is 1.14 bits per heavy atom. The summed E-state index contributed by atoms with van der Waals surface area (Å²) in [7, 11) is 0. The Morgan fingerprint density at radius 2 is 1.83 bits per heavy atom. The lowest BCUT2D eigenvalue weighted by atomic mass is 10.1. The van der Waals surface area contributed by atoms with Gasteiger partial charge in [-0.2, -0.15) is 0 Å². The van der Waals surface area contributed by atoms with Gasteiger partial charge in [-0.15, -0.1) is 0 Å². The number of hydrogen-bond acceptors (Lipinski definition) is 2. The highest BCUT2D eigenvalue weighted by Crippen LogP contribution is 2.18. The third kappa shape index (κ3) is 7.17. The van der Waals surface area contributed by atoms with Crippen LogP contribution in [-0.4, -0.2) is 29.3 Å². The minimum atomic E-state index is -0.629. The van der Waals surface area contributed by atoms with Crippen molar-refractivity contribution in [1.29, 1.82) is 0 Å². The van der Waals surface area contributed by atoms with Crippen molar-refractivity contribution in [1.82, 2.24) is 10.2 Å². The van der Waals surface area contributed by atoms with Crippen molar-refractivity contribution >= 4 is 23.4 Å². The molecule has 0 radical (unpaired) electrons. The van der Waals surface area contributed by atoms with Crippen LogP contribution in [0.4, 0.5) is 4.39 Å². The number of hydrogen-bond donors (Lipinski definition) is 1. The predicted molar refractivity (Wildman–Crippen MR) is 114 cm³/mol. The molecule has 4 nitrogen and oxygen atoms in total. The van der Waals surface area contributed by atoms with Gasteiger partial charge >= 0.3 is 0 Å². The number of carbonyl (C=O) groups is 2. The Balaban J connectivity index is 2.11. The van der Waals surface area contributed by atoms with E-state index in [-0.39, 0.29) is 30.6 Å². The Morgan fingerprint density at radius 3 is 2.48 bits per heavy atom. The molecule has 1 N–H and O–H groups in total. The summed E-state index contributed by atoms with van der Waals surface area (Å²) in [4.78, 5) is 27.1. The summed E-state index contributed by atoms with van der Waals surface area (Å²) in [6, 6.07) is 12.7. The Kier molecular flexibility index (Phi) is 9.13. The monoisotopic (exact) mass is 418 g/mol. The van der Waals surface area contributed by atoms with Crippen molar-refractivity contribution in [2.45, 2.75) is 52.1 Å². The first-order valence-electron chi connectivity index (χ1n) is 9.97. The molecule has 0 saturated heterocycles. The molecule has 2 aromatic carbocycles. The van der Waals surface area contributed by atoms with Crippen molar-refractivity contribution in [3.63, 3.8) is 0 Å². The van der Waals surface area contributed by atoms with E-state index in [2.05, 4.69) is 12.2 Å². The number of unbranched alkanes of at least 4 members (excludes halogenated alkanes) is 1. The molecule has 2 rings (SSSR count). The molecule has 0 aliphatic carbocycles. The molecule has 2 aromatic rings. The second kappa shape index (κ2) is 11.6. The number of rotatable bonds is 10. The van der Waals surface area contributed by atoms with Gasteiger partial charge in [0.25, 0.3) is 0 Å². The topological polar surface area (TPSA) is 49.4 Å². The lowest BCUT2D eigenvalue weighted by Gasteiger charge is -2.29. The summed E-state index contributed by atoms with van der Waals surface area (Å²) < 4.78 is 13.2. The lowest BCUT2D eigenvalue weighted by molar-refractivity contribution is -0.140. The normalized spacial score (nSPS) is 11.7. The van der Waals surface area contributed by atoms with Crippen LogP contribution in [0, 0.1) is 5.82 Å². The predicted octanol–water partition coefficient (Wildman–Crippen LogP) is 4.75. The SMILES string of the molecule is CCCCNC(=O)[C@H](C)N(Cc1ccc(F)cc1)C(=O)CCc1ccccc1Cl. The summed E-state index contributed by atoms with van der Waals surface area (Å²) in [5.74, 6) is -0.672.